The van der Waals surface area contributed by atoms with E-state index in [0.717, 1.165) is 30.0 Å². The monoisotopic (exact) mass is 499 g/mol. The number of carbonyl (C=O) groups is 2. The molecule has 0 bridgehead atoms. The number of urea groups is 1. The largest absolute Gasteiger partial charge is 0.494 e. The predicted molar refractivity (Wildman–Crippen MR) is 125 cm³/mol. The molecule has 3 heterocycles. The van der Waals surface area contributed by atoms with Crippen LogP contribution in [-0.2, 0) is 13.0 Å². The van der Waals surface area contributed by atoms with Gasteiger partial charge >= 0.3 is 6.03 Å². The van der Waals surface area contributed by atoms with Gasteiger partial charge in [0, 0.05) is 12.6 Å². The zero-order valence-corrected chi connectivity index (χ0v) is 19.8. The van der Waals surface area contributed by atoms with E-state index in [2.05, 4.69) is 20.3 Å². The van der Waals surface area contributed by atoms with Crippen molar-refractivity contribution in [2.45, 2.75) is 26.4 Å². The maximum atomic E-state index is 14.5. The number of aryl methyl sites for hydroxylation is 1. The van der Waals surface area contributed by atoms with E-state index in [4.69, 9.17) is 14.2 Å². The lowest BCUT2D eigenvalue weighted by Crippen LogP contribution is -2.40. The van der Waals surface area contributed by atoms with E-state index < -0.39 is 24.3 Å². The summed E-state index contributed by atoms with van der Waals surface area (Å²) in [6, 6.07) is 2.28. The average Bonchev–Trinajstić information content (AvgIpc) is 2.89. The number of carbonyl (C=O) groups excluding carboxylic acids is 2. The normalized spacial score (nSPS) is 12.5. The number of rotatable bonds is 7. The summed E-state index contributed by atoms with van der Waals surface area (Å²) in [6.07, 6.45) is 4.64. The van der Waals surface area contributed by atoms with Crippen LogP contribution in [0, 0.1) is 18.6 Å². The smallest absolute Gasteiger partial charge is 0.329 e. The number of hydrogen-bond donors (Lipinski definition) is 1. The first-order valence-electron chi connectivity index (χ1n) is 10.9. The molecule has 10 nitrogen and oxygen atoms in total. The standard InChI is InChI=1S/C24H23F2N5O5/c1-13-7-14(11-32)29-22-16(13)5-4-6-31(22)24(33)30-23-27-9-15(10-28-23)36-12-17-20(25)18(34-2)8-19(35-3)21(17)26/h7-11H,4-6,12H2,1-3H3,(H,27,28,30,33). The Kier molecular flexibility index (Phi) is 7.23. The number of amides is 2. The Bertz CT molecular complexity index is 1280. The summed E-state index contributed by atoms with van der Waals surface area (Å²) in [7, 11) is 2.50. The molecule has 188 valence electrons. The van der Waals surface area contributed by atoms with Crippen LogP contribution in [0.5, 0.6) is 17.2 Å². The third-order valence-electron chi connectivity index (χ3n) is 5.67. The summed E-state index contributed by atoms with van der Waals surface area (Å²) in [4.78, 5) is 37.9. The Balaban J connectivity index is 1.45. The van der Waals surface area contributed by atoms with Crippen LogP contribution in [0.3, 0.4) is 0 Å². The van der Waals surface area contributed by atoms with Gasteiger partial charge in [0.15, 0.2) is 35.2 Å². The Morgan fingerprint density at radius 3 is 2.42 bits per heavy atom. The molecule has 2 aromatic heterocycles. The van der Waals surface area contributed by atoms with Gasteiger partial charge in [0.25, 0.3) is 0 Å². The van der Waals surface area contributed by atoms with E-state index in [1.165, 1.54) is 31.5 Å². The lowest BCUT2D eigenvalue weighted by atomic mass is 10.0. The fraction of sp³-hybridized carbons (Fsp3) is 0.292. The molecule has 0 saturated heterocycles. The van der Waals surface area contributed by atoms with Crippen molar-refractivity contribution >= 4 is 24.1 Å². The van der Waals surface area contributed by atoms with Gasteiger partial charge in [0.2, 0.25) is 5.95 Å². The molecule has 1 aliphatic heterocycles. The highest BCUT2D eigenvalue weighted by Gasteiger charge is 2.26. The van der Waals surface area contributed by atoms with Crippen LogP contribution in [0.4, 0.5) is 25.3 Å². The number of methoxy groups -OCH3 is 2. The first-order chi connectivity index (χ1) is 17.4. The molecule has 3 aromatic rings. The summed E-state index contributed by atoms with van der Waals surface area (Å²) >= 11 is 0. The van der Waals surface area contributed by atoms with Crippen LogP contribution in [0.1, 0.15) is 33.6 Å². The number of ether oxygens (including phenoxy) is 3. The maximum absolute atomic E-state index is 14.5. The first-order valence-corrected chi connectivity index (χ1v) is 10.9. The molecule has 0 aliphatic carbocycles. The van der Waals surface area contributed by atoms with Gasteiger partial charge in [0.1, 0.15) is 18.1 Å². The van der Waals surface area contributed by atoms with Crippen LogP contribution in [-0.4, -0.2) is 48.0 Å². The summed E-state index contributed by atoms with van der Waals surface area (Å²) < 4.78 is 44.3. The maximum Gasteiger partial charge on any atom is 0.329 e. The van der Waals surface area contributed by atoms with Crippen LogP contribution in [0.2, 0.25) is 0 Å². The van der Waals surface area contributed by atoms with Crippen LogP contribution in [0.15, 0.2) is 24.5 Å². The van der Waals surface area contributed by atoms with Gasteiger partial charge in [-0.05, 0) is 37.0 Å². The van der Waals surface area contributed by atoms with Gasteiger partial charge in [0.05, 0.1) is 32.2 Å². The molecule has 36 heavy (non-hydrogen) atoms. The number of pyridine rings is 1. The van der Waals surface area contributed by atoms with Gasteiger partial charge in [-0.3, -0.25) is 15.0 Å². The second kappa shape index (κ2) is 10.5. The number of nitrogens with zero attached hydrogens (tertiary/aromatic N) is 4. The highest BCUT2D eigenvalue weighted by molar-refractivity contribution is 6.01. The minimum absolute atomic E-state index is 0.0110. The van der Waals surface area contributed by atoms with Gasteiger partial charge < -0.3 is 14.2 Å². The molecule has 1 aromatic carbocycles. The lowest BCUT2D eigenvalue weighted by molar-refractivity contribution is 0.111. The van der Waals surface area contributed by atoms with E-state index in [-0.39, 0.29) is 34.5 Å². The number of aromatic nitrogens is 3. The Morgan fingerprint density at radius 2 is 1.81 bits per heavy atom. The Labute approximate surface area is 205 Å². The lowest BCUT2D eigenvalue weighted by Gasteiger charge is -2.29. The van der Waals surface area contributed by atoms with Crippen molar-refractivity contribution in [1.29, 1.82) is 0 Å². The minimum atomic E-state index is -0.913. The van der Waals surface area contributed by atoms with Crippen molar-refractivity contribution < 1.29 is 32.6 Å². The fourth-order valence-corrected chi connectivity index (χ4v) is 3.85. The molecular formula is C24H23F2N5O5. The molecule has 0 spiro atoms. The van der Waals surface area contributed by atoms with Crippen molar-refractivity contribution in [1.82, 2.24) is 15.0 Å². The molecule has 4 rings (SSSR count). The molecule has 0 radical (unpaired) electrons. The van der Waals surface area contributed by atoms with Crippen molar-refractivity contribution in [3.63, 3.8) is 0 Å². The molecule has 0 unspecified atom stereocenters. The third-order valence-corrected chi connectivity index (χ3v) is 5.67. The molecular weight excluding hydrogens is 476 g/mol. The Hall–Kier alpha value is -4.35. The number of fused-ring (bicyclic) bond motifs is 1. The molecule has 0 atom stereocenters. The van der Waals surface area contributed by atoms with Crippen molar-refractivity contribution in [3.05, 3.63) is 58.5 Å². The number of hydrogen-bond acceptors (Lipinski definition) is 8. The summed E-state index contributed by atoms with van der Waals surface area (Å²) in [5, 5.41) is 2.59. The van der Waals surface area contributed by atoms with Crippen molar-refractivity contribution in [2.24, 2.45) is 0 Å². The molecule has 0 fully saturated rings. The van der Waals surface area contributed by atoms with Crippen LogP contribution in [0.25, 0.3) is 0 Å². The molecule has 2 amide bonds. The summed E-state index contributed by atoms with van der Waals surface area (Å²) in [5.74, 6) is -1.67. The molecule has 1 aliphatic rings. The number of aldehydes is 1. The first kappa shape index (κ1) is 24.8. The number of benzene rings is 1. The topological polar surface area (TPSA) is 116 Å². The second-order valence-corrected chi connectivity index (χ2v) is 7.89. The van der Waals surface area contributed by atoms with E-state index in [1.807, 2.05) is 6.92 Å². The SMILES string of the molecule is COc1cc(OC)c(F)c(COc2cnc(NC(=O)N3CCCc4c(C)cc(C=O)nc43)nc2)c1F. The predicted octanol–water partition coefficient (Wildman–Crippen LogP) is 3.85. The van der Waals surface area contributed by atoms with Crippen LogP contribution >= 0.6 is 0 Å². The van der Waals surface area contributed by atoms with Crippen LogP contribution < -0.4 is 24.4 Å². The molecule has 0 saturated carbocycles. The molecule has 12 heteroatoms. The highest BCUT2D eigenvalue weighted by atomic mass is 19.1. The number of nitrogens with one attached hydrogen (secondary N) is 1. The number of anilines is 2. The minimum Gasteiger partial charge on any atom is -0.494 e. The zero-order valence-electron chi connectivity index (χ0n) is 19.8. The van der Waals surface area contributed by atoms with Gasteiger partial charge in [-0.15, -0.1) is 0 Å². The van der Waals surface area contributed by atoms with Gasteiger partial charge in [-0.2, -0.15) is 0 Å². The Morgan fingerprint density at radius 1 is 1.14 bits per heavy atom. The van der Waals surface area contributed by atoms with Crippen molar-refractivity contribution in [2.75, 3.05) is 31.0 Å². The zero-order chi connectivity index (χ0) is 25.8. The summed E-state index contributed by atoms with van der Waals surface area (Å²) in [5.41, 5.74) is 1.65. The second-order valence-electron chi connectivity index (χ2n) is 7.89. The fourth-order valence-electron chi connectivity index (χ4n) is 3.85. The quantitative estimate of drug-likeness (QED) is 0.488. The third kappa shape index (κ3) is 4.88. The van der Waals surface area contributed by atoms with Gasteiger partial charge in [-0.1, -0.05) is 0 Å². The van der Waals surface area contributed by atoms with E-state index >= 15 is 0 Å². The highest BCUT2D eigenvalue weighted by Crippen LogP contribution is 2.32. The number of halogens is 2. The van der Waals surface area contributed by atoms with E-state index in [1.54, 1.807) is 6.07 Å². The average molecular weight is 499 g/mol. The van der Waals surface area contributed by atoms with E-state index in [9.17, 15) is 18.4 Å². The van der Waals surface area contributed by atoms with Gasteiger partial charge in [-0.25, -0.2) is 28.5 Å². The summed E-state index contributed by atoms with van der Waals surface area (Å²) in [6.45, 7) is 1.81. The molecule has 1 N–H and O–H groups in total. The van der Waals surface area contributed by atoms with E-state index in [0.29, 0.717) is 18.6 Å². The van der Waals surface area contributed by atoms with Crippen molar-refractivity contribution in [3.8, 4) is 17.2 Å².